The minimum atomic E-state index is -0.740. The van der Waals surface area contributed by atoms with Crippen molar-refractivity contribution < 1.29 is 28.6 Å². The first kappa shape index (κ1) is 22.6. The third-order valence-electron chi connectivity index (χ3n) is 4.60. The summed E-state index contributed by atoms with van der Waals surface area (Å²) in [5.41, 5.74) is 1.37. The van der Waals surface area contributed by atoms with Crippen LogP contribution in [0.5, 0.6) is 11.5 Å². The van der Waals surface area contributed by atoms with Gasteiger partial charge in [0.05, 0.1) is 23.9 Å². The Balaban J connectivity index is 2.13. The number of allylic oxidation sites excluding steroid dienone is 1. The lowest BCUT2D eigenvalue weighted by Gasteiger charge is -2.39. The van der Waals surface area contributed by atoms with Crippen LogP contribution in [0.4, 0.5) is 0 Å². The van der Waals surface area contributed by atoms with Crippen LogP contribution < -0.4 is 9.47 Å². The SMILES string of the molecule is C=CCOC(=O)C1=C(C)N=C2SCCC(=O)N2C1c1ccc(OC(C)=O)c(OCC)c1. The largest absolute Gasteiger partial charge is 0.490 e. The number of benzene rings is 1. The van der Waals surface area contributed by atoms with Crippen molar-refractivity contribution in [2.45, 2.75) is 33.2 Å². The lowest BCUT2D eigenvalue weighted by atomic mass is 9.93. The summed E-state index contributed by atoms with van der Waals surface area (Å²) >= 11 is 1.46. The fourth-order valence-electron chi connectivity index (χ4n) is 3.39. The Kier molecular flexibility index (Phi) is 7.17. The summed E-state index contributed by atoms with van der Waals surface area (Å²) in [5.74, 6) is 0.0425. The average Bonchev–Trinajstić information content (AvgIpc) is 2.72. The second kappa shape index (κ2) is 9.82. The molecule has 9 heteroatoms. The van der Waals surface area contributed by atoms with Gasteiger partial charge in [0.15, 0.2) is 16.7 Å². The Morgan fingerprint density at radius 3 is 2.81 bits per heavy atom. The number of thioether (sulfide) groups is 1. The highest BCUT2D eigenvalue weighted by Gasteiger charge is 2.42. The molecule has 0 saturated carbocycles. The van der Waals surface area contributed by atoms with Crippen molar-refractivity contribution in [3.8, 4) is 11.5 Å². The number of rotatable bonds is 7. The number of nitrogens with zero attached hydrogens (tertiary/aromatic N) is 2. The number of amides is 1. The first-order valence-corrected chi connectivity index (χ1v) is 10.8. The second-order valence-corrected chi connectivity index (χ2v) is 7.84. The number of hydrogen-bond donors (Lipinski definition) is 0. The van der Waals surface area contributed by atoms with E-state index in [1.54, 1.807) is 25.1 Å². The molecule has 31 heavy (non-hydrogen) atoms. The van der Waals surface area contributed by atoms with Crippen LogP contribution in [0.1, 0.15) is 38.8 Å². The van der Waals surface area contributed by atoms with Crippen molar-refractivity contribution in [3.05, 3.63) is 47.7 Å². The van der Waals surface area contributed by atoms with Gasteiger partial charge >= 0.3 is 11.9 Å². The summed E-state index contributed by atoms with van der Waals surface area (Å²) < 4.78 is 16.2. The number of carbonyl (C=O) groups is 3. The highest BCUT2D eigenvalue weighted by Crippen LogP contribution is 2.42. The van der Waals surface area contributed by atoms with Crippen molar-refractivity contribution in [2.75, 3.05) is 19.0 Å². The first-order valence-electron chi connectivity index (χ1n) is 9.84. The zero-order chi connectivity index (χ0) is 22.5. The fraction of sp³-hybridized carbons (Fsp3) is 0.364. The van der Waals surface area contributed by atoms with Gasteiger partial charge in [-0.1, -0.05) is 30.5 Å². The molecular formula is C22H24N2O6S. The molecule has 0 aliphatic carbocycles. The van der Waals surface area contributed by atoms with Crippen molar-refractivity contribution in [1.82, 2.24) is 4.90 Å². The Bertz CT molecular complexity index is 984. The molecule has 0 aromatic heterocycles. The van der Waals surface area contributed by atoms with Crippen molar-refractivity contribution in [2.24, 2.45) is 4.99 Å². The predicted molar refractivity (Wildman–Crippen MR) is 117 cm³/mol. The van der Waals surface area contributed by atoms with E-state index in [4.69, 9.17) is 14.2 Å². The monoisotopic (exact) mass is 444 g/mol. The summed E-state index contributed by atoms with van der Waals surface area (Å²) in [7, 11) is 0. The number of amidine groups is 1. The summed E-state index contributed by atoms with van der Waals surface area (Å²) in [6, 6.07) is 4.23. The Morgan fingerprint density at radius 2 is 2.13 bits per heavy atom. The molecule has 1 aromatic carbocycles. The smallest absolute Gasteiger partial charge is 0.338 e. The molecule has 3 rings (SSSR count). The maximum Gasteiger partial charge on any atom is 0.338 e. The highest BCUT2D eigenvalue weighted by atomic mass is 32.2. The van der Waals surface area contributed by atoms with Crippen molar-refractivity contribution >= 4 is 34.8 Å². The zero-order valence-electron chi connectivity index (χ0n) is 17.7. The quantitative estimate of drug-likeness (QED) is 0.361. The third kappa shape index (κ3) is 4.82. The second-order valence-electron chi connectivity index (χ2n) is 6.78. The number of ether oxygens (including phenoxy) is 3. The molecule has 2 aliphatic rings. The first-order chi connectivity index (χ1) is 14.9. The van der Waals surface area contributed by atoms with Gasteiger partial charge in [-0.25, -0.2) is 9.79 Å². The maximum atomic E-state index is 12.9. The summed E-state index contributed by atoms with van der Waals surface area (Å²) in [5, 5.41) is 0.543. The van der Waals surface area contributed by atoms with Crippen LogP contribution in [-0.2, 0) is 19.1 Å². The molecule has 0 N–H and O–H groups in total. The summed E-state index contributed by atoms with van der Waals surface area (Å²) in [6.07, 6.45) is 1.81. The number of carbonyl (C=O) groups excluding carboxylic acids is 3. The molecule has 1 fully saturated rings. The molecule has 8 nitrogen and oxygen atoms in total. The maximum absolute atomic E-state index is 12.9. The Labute approximate surface area is 184 Å². The third-order valence-corrected chi connectivity index (χ3v) is 5.55. The Morgan fingerprint density at radius 1 is 1.35 bits per heavy atom. The van der Waals surface area contributed by atoms with Crippen molar-refractivity contribution in [1.29, 1.82) is 0 Å². The molecule has 1 atom stereocenters. The highest BCUT2D eigenvalue weighted by molar-refractivity contribution is 8.14. The van der Waals surface area contributed by atoms with Gasteiger partial charge in [0.1, 0.15) is 6.61 Å². The summed E-state index contributed by atoms with van der Waals surface area (Å²) in [6.45, 7) is 8.78. The van der Waals surface area contributed by atoms with Crippen molar-refractivity contribution in [3.63, 3.8) is 0 Å². The van der Waals surface area contributed by atoms with E-state index in [0.717, 1.165) is 0 Å². The van der Waals surface area contributed by atoms with E-state index in [1.807, 2.05) is 6.92 Å². The van der Waals surface area contributed by atoms with Gasteiger partial charge in [-0.3, -0.25) is 14.5 Å². The van der Waals surface area contributed by atoms with E-state index < -0.39 is 18.0 Å². The molecule has 1 unspecified atom stereocenters. The van der Waals surface area contributed by atoms with E-state index in [2.05, 4.69) is 11.6 Å². The lowest BCUT2D eigenvalue weighted by molar-refractivity contribution is -0.139. The normalized spacial score (nSPS) is 18.2. The molecule has 0 bridgehead atoms. The molecule has 1 amide bonds. The molecule has 1 aromatic rings. The fourth-order valence-corrected chi connectivity index (χ4v) is 4.39. The minimum absolute atomic E-state index is 0.0389. The number of esters is 2. The standard InChI is InChI=1S/C22H24N2O6S/c1-5-10-29-21(27)19-13(3)23-22-24(18(26)9-11-31-22)20(19)15-7-8-16(30-14(4)25)17(12-15)28-6-2/h5,7-8,12,20H,1,6,9-11H2,2-4H3. The van der Waals surface area contributed by atoms with Gasteiger partial charge < -0.3 is 14.2 Å². The predicted octanol–water partition coefficient (Wildman–Crippen LogP) is 3.39. The van der Waals surface area contributed by atoms with Crippen LogP contribution in [-0.4, -0.2) is 46.9 Å². The lowest BCUT2D eigenvalue weighted by Crippen LogP contribution is -2.45. The van der Waals surface area contributed by atoms with E-state index in [0.29, 0.717) is 41.0 Å². The van der Waals surface area contributed by atoms with Crippen LogP contribution in [0.15, 0.2) is 47.1 Å². The van der Waals surface area contributed by atoms with Crippen LogP contribution >= 0.6 is 11.8 Å². The van der Waals surface area contributed by atoms with E-state index in [1.165, 1.54) is 29.7 Å². The topological polar surface area (TPSA) is 94.5 Å². The molecule has 164 valence electrons. The van der Waals surface area contributed by atoms with Crippen LogP contribution in [0.2, 0.25) is 0 Å². The van der Waals surface area contributed by atoms with Gasteiger partial charge in [0, 0.05) is 19.1 Å². The Hall–Kier alpha value is -3.07. The molecule has 1 saturated heterocycles. The summed E-state index contributed by atoms with van der Waals surface area (Å²) in [4.78, 5) is 43.2. The molecule has 2 heterocycles. The van der Waals surface area contributed by atoms with E-state index in [-0.39, 0.29) is 23.8 Å². The van der Waals surface area contributed by atoms with E-state index in [9.17, 15) is 14.4 Å². The molecule has 0 radical (unpaired) electrons. The van der Waals surface area contributed by atoms with Gasteiger partial charge in [0.2, 0.25) is 5.91 Å². The van der Waals surface area contributed by atoms with Crippen LogP contribution in [0.3, 0.4) is 0 Å². The molecule has 2 aliphatic heterocycles. The minimum Gasteiger partial charge on any atom is -0.490 e. The van der Waals surface area contributed by atoms with Gasteiger partial charge in [-0.15, -0.1) is 0 Å². The van der Waals surface area contributed by atoms with Crippen LogP contribution in [0, 0.1) is 0 Å². The van der Waals surface area contributed by atoms with Gasteiger partial charge in [0.25, 0.3) is 0 Å². The number of aliphatic imine (C=N–C) groups is 1. The van der Waals surface area contributed by atoms with Crippen LogP contribution in [0.25, 0.3) is 0 Å². The number of fused-ring (bicyclic) bond motifs is 1. The molecular weight excluding hydrogens is 420 g/mol. The van der Waals surface area contributed by atoms with Gasteiger partial charge in [-0.05, 0) is 31.5 Å². The van der Waals surface area contributed by atoms with E-state index >= 15 is 0 Å². The average molecular weight is 445 g/mol. The zero-order valence-corrected chi connectivity index (χ0v) is 18.5. The molecule has 0 spiro atoms. The number of hydrogen-bond acceptors (Lipinski definition) is 8. The van der Waals surface area contributed by atoms with Gasteiger partial charge in [-0.2, -0.15) is 0 Å².